The number of nitrogens with zero attached hydrogens (tertiary/aromatic N) is 2. The van der Waals surface area contributed by atoms with E-state index in [2.05, 4.69) is 5.32 Å². The Kier molecular flexibility index (Phi) is 5.50. The van der Waals surface area contributed by atoms with E-state index in [4.69, 9.17) is 16.0 Å². The first kappa shape index (κ1) is 15.7. The van der Waals surface area contributed by atoms with Gasteiger partial charge in [-0.15, -0.1) is 0 Å². The molecular formula is C14H20ClN3O3. The number of amides is 3. The van der Waals surface area contributed by atoms with Crippen molar-refractivity contribution in [1.29, 1.82) is 0 Å². The highest BCUT2D eigenvalue weighted by Gasteiger charge is 2.24. The summed E-state index contributed by atoms with van der Waals surface area (Å²) < 4.78 is 5.15. The molecule has 2 rings (SSSR count). The number of rotatable bonds is 3. The molecule has 0 atom stereocenters. The van der Waals surface area contributed by atoms with Crippen molar-refractivity contribution in [2.75, 3.05) is 32.7 Å². The molecule has 0 aliphatic carbocycles. The standard InChI is InChI=1S/C14H20ClN3O3/c1-2-6-16-14(20)18-8-3-7-17(9-10-18)13(19)11-4-5-12(15)21-11/h4-5H,2-3,6-10H2,1H3,(H,16,20). The topological polar surface area (TPSA) is 65.8 Å². The summed E-state index contributed by atoms with van der Waals surface area (Å²) in [5.41, 5.74) is 0. The molecule has 1 aromatic heterocycles. The smallest absolute Gasteiger partial charge is 0.317 e. The Morgan fingerprint density at radius 3 is 2.62 bits per heavy atom. The first-order valence-electron chi connectivity index (χ1n) is 7.19. The Morgan fingerprint density at radius 1 is 1.24 bits per heavy atom. The van der Waals surface area contributed by atoms with Crippen LogP contribution in [-0.2, 0) is 0 Å². The van der Waals surface area contributed by atoms with Gasteiger partial charge in [-0.1, -0.05) is 6.92 Å². The predicted molar refractivity (Wildman–Crippen MR) is 79.5 cm³/mol. The highest BCUT2D eigenvalue weighted by molar-refractivity contribution is 6.29. The molecule has 0 bridgehead atoms. The summed E-state index contributed by atoms with van der Waals surface area (Å²) in [6, 6.07) is 3.06. The lowest BCUT2D eigenvalue weighted by Gasteiger charge is -2.21. The summed E-state index contributed by atoms with van der Waals surface area (Å²) >= 11 is 5.69. The van der Waals surface area contributed by atoms with E-state index in [0.29, 0.717) is 32.7 Å². The van der Waals surface area contributed by atoms with Crippen LogP contribution in [0.4, 0.5) is 4.79 Å². The van der Waals surface area contributed by atoms with E-state index in [1.807, 2.05) is 6.92 Å². The zero-order chi connectivity index (χ0) is 15.2. The molecule has 21 heavy (non-hydrogen) atoms. The van der Waals surface area contributed by atoms with Crippen LogP contribution in [0.15, 0.2) is 16.5 Å². The Bertz CT molecular complexity index is 503. The number of nitrogens with one attached hydrogen (secondary N) is 1. The van der Waals surface area contributed by atoms with E-state index in [1.54, 1.807) is 21.9 Å². The highest BCUT2D eigenvalue weighted by Crippen LogP contribution is 2.16. The zero-order valence-corrected chi connectivity index (χ0v) is 12.9. The molecule has 6 nitrogen and oxygen atoms in total. The van der Waals surface area contributed by atoms with Gasteiger partial charge in [0.1, 0.15) is 0 Å². The second kappa shape index (κ2) is 7.36. The van der Waals surface area contributed by atoms with Gasteiger partial charge in [-0.3, -0.25) is 4.79 Å². The van der Waals surface area contributed by atoms with E-state index in [1.165, 1.54) is 0 Å². The Hall–Kier alpha value is -1.69. The summed E-state index contributed by atoms with van der Waals surface area (Å²) in [5, 5.41) is 3.06. The first-order chi connectivity index (χ1) is 10.1. The third kappa shape index (κ3) is 4.14. The average molecular weight is 314 g/mol. The maximum absolute atomic E-state index is 12.3. The van der Waals surface area contributed by atoms with Crippen LogP contribution in [0.5, 0.6) is 0 Å². The molecule has 1 aliphatic rings. The van der Waals surface area contributed by atoms with Gasteiger partial charge in [-0.2, -0.15) is 0 Å². The van der Waals surface area contributed by atoms with Gasteiger partial charge in [0.2, 0.25) is 0 Å². The number of carbonyl (C=O) groups is 2. The Balaban J connectivity index is 1.91. The molecule has 1 aromatic rings. The molecular weight excluding hydrogens is 294 g/mol. The average Bonchev–Trinajstić information content (AvgIpc) is 2.76. The van der Waals surface area contributed by atoms with Gasteiger partial charge >= 0.3 is 6.03 Å². The molecule has 2 heterocycles. The minimum absolute atomic E-state index is 0.0628. The molecule has 0 aromatic carbocycles. The van der Waals surface area contributed by atoms with Crippen molar-refractivity contribution in [1.82, 2.24) is 15.1 Å². The van der Waals surface area contributed by atoms with Crippen molar-refractivity contribution >= 4 is 23.5 Å². The van der Waals surface area contributed by atoms with Crippen LogP contribution < -0.4 is 5.32 Å². The van der Waals surface area contributed by atoms with Crippen LogP contribution in [-0.4, -0.2) is 54.5 Å². The minimum Gasteiger partial charge on any atom is -0.440 e. The number of halogens is 1. The zero-order valence-electron chi connectivity index (χ0n) is 12.1. The minimum atomic E-state index is -0.183. The summed E-state index contributed by atoms with van der Waals surface area (Å²) in [4.78, 5) is 27.6. The number of carbonyl (C=O) groups excluding carboxylic acids is 2. The fourth-order valence-corrected chi connectivity index (χ4v) is 2.40. The van der Waals surface area contributed by atoms with Gasteiger partial charge in [-0.05, 0) is 36.6 Å². The van der Waals surface area contributed by atoms with Crippen molar-refractivity contribution in [3.63, 3.8) is 0 Å². The quantitative estimate of drug-likeness (QED) is 0.930. The Labute approximate surface area is 129 Å². The normalized spacial score (nSPS) is 15.7. The second-order valence-corrected chi connectivity index (χ2v) is 5.34. The highest BCUT2D eigenvalue weighted by atomic mass is 35.5. The van der Waals surface area contributed by atoms with Crippen LogP contribution >= 0.6 is 11.6 Å². The maximum atomic E-state index is 12.3. The van der Waals surface area contributed by atoms with Crippen molar-refractivity contribution in [3.8, 4) is 0 Å². The van der Waals surface area contributed by atoms with Crippen molar-refractivity contribution in [3.05, 3.63) is 23.1 Å². The van der Waals surface area contributed by atoms with E-state index in [0.717, 1.165) is 12.8 Å². The van der Waals surface area contributed by atoms with Crippen molar-refractivity contribution in [2.45, 2.75) is 19.8 Å². The van der Waals surface area contributed by atoms with Crippen LogP contribution in [0.3, 0.4) is 0 Å². The van der Waals surface area contributed by atoms with Gasteiger partial charge in [-0.25, -0.2) is 4.79 Å². The van der Waals surface area contributed by atoms with Crippen LogP contribution in [0.1, 0.15) is 30.3 Å². The van der Waals surface area contributed by atoms with Crippen LogP contribution in [0, 0.1) is 0 Å². The van der Waals surface area contributed by atoms with E-state index in [9.17, 15) is 9.59 Å². The molecule has 0 unspecified atom stereocenters. The molecule has 0 saturated carbocycles. The summed E-state index contributed by atoms with van der Waals surface area (Å²) in [6.45, 7) is 4.96. The molecule has 1 aliphatic heterocycles. The number of hydrogen-bond acceptors (Lipinski definition) is 3. The van der Waals surface area contributed by atoms with Crippen LogP contribution in [0.25, 0.3) is 0 Å². The van der Waals surface area contributed by atoms with Gasteiger partial charge in [0.05, 0.1) is 0 Å². The maximum Gasteiger partial charge on any atom is 0.317 e. The van der Waals surface area contributed by atoms with E-state index >= 15 is 0 Å². The summed E-state index contributed by atoms with van der Waals surface area (Å²) in [5.74, 6) is 0.0570. The number of urea groups is 1. The first-order valence-corrected chi connectivity index (χ1v) is 7.57. The lowest BCUT2D eigenvalue weighted by molar-refractivity contribution is 0.0730. The molecule has 1 saturated heterocycles. The number of hydrogen-bond donors (Lipinski definition) is 1. The predicted octanol–water partition coefficient (Wildman–Crippen LogP) is 2.20. The molecule has 116 valence electrons. The molecule has 3 amide bonds. The third-order valence-corrected chi connectivity index (χ3v) is 3.58. The molecule has 1 N–H and O–H groups in total. The van der Waals surface area contributed by atoms with E-state index < -0.39 is 0 Å². The van der Waals surface area contributed by atoms with Gasteiger partial charge in [0.15, 0.2) is 11.0 Å². The number of furan rings is 1. The lowest BCUT2D eigenvalue weighted by atomic mass is 10.3. The second-order valence-electron chi connectivity index (χ2n) is 4.97. The molecule has 1 fully saturated rings. The summed E-state index contributed by atoms with van der Waals surface area (Å²) in [7, 11) is 0. The summed E-state index contributed by atoms with van der Waals surface area (Å²) in [6.07, 6.45) is 1.66. The SMILES string of the molecule is CCCNC(=O)N1CCCN(C(=O)c2ccc(Cl)o2)CC1. The molecule has 0 radical (unpaired) electrons. The van der Waals surface area contributed by atoms with Gasteiger partial charge < -0.3 is 19.5 Å². The van der Waals surface area contributed by atoms with E-state index in [-0.39, 0.29) is 22.9 Å². The monoisotopic (exact) mass is 313 g/mol. The van der Waals surface area contributed by atoms with Gasteiger partial charge in [0, 0.05) is 32.7 Å². The molecule has 0 spiro atoms. The van der Waals surface area contributed by atoms with Crippen molar-refractivity contribution < 1.29 is 14.0 Å². The lowest BCUT2D eigenvalue weighted by Crippen LogP contribution is -2.42. The fraction of sp³-hybridized carbons (Fsp3) is 0.571. The van der Waals surface area contributed by atoms with Crippen molar-refractivity contribution in [2.24, 2.45) is 0 Å². The van der Waals surface area contributed by atoms with Gasteiger partial charge in [0.25, 0.3) is 5.91 Å². The molecule has 7 heteroatoms. The Morgan fingerprint density at radius 2 is 1.95 bits per heavy atom. The van der Waals surface area contributed by atoms with Crippen LogP contribution in [0.2, 0.25) is 5.22 Å². The fourth-order valence-electron chi connectivity index (χ4n) is 2.25. The largest absolute Gasteiger partial charge is 0.440 e. The third-order valence-electron chi connectivity index (χ3n) is 3.38.